The lowest BCUT2D eigenvalue weighted by Gasteiger charge is -2.05. The highest BCUT2D eigenvalue weighted by atomic mass is 79.9. The van der Waals surface area contributed by atoms with Crippen molar-refractivity contribution >= 4 is 39.4 Å². The first-order valence-electron chi connectivity index (χ1n) is 7.35. The van der Waals surface area contributed by atoms with Gasteiger partial charge in [0.15, 0.2) is 0 Å². The van der Waals surface area contributed by atoms with Crippen LogP contribution in [0.3, 0.4) is 0 Å². The molecule has 1 aliphatic rings. The second kappa shape index (κ2) is 7.24. The maximum Gasteiger partial charge on any atom is 0.248 e. The number of amidine groups is 1. The lowest BCUT2D eigenvalue weighted by atomic mass is 10.2. The van der Waals surface area contributed by atoms with E-state index in [2.05, 4.69) is 31.6 Å². The van der Waals surface area contributed by atoms with Crippen molar-refractivity contribution in [3.8, 4) is 0 Å². The van der Waals surface area contributed by atoms with Gasteiger partial charge in [0.1, 0.15) is 5.84 Å². The molecule has 3 rings (SSSR count). The zero-order valence-electron chi connectivity index (χ0n) is 12.4. The summed E-state index contributed by atoms with van der Waals surface area (Å²) in [7, 11) is 0. The highest BCUT2D eigenvalue weighted by Gasteiger charge is 2.07. The van der Waals surface area contributed by atoms with Gasteiger partial charge in [0.25, 0.3) is 0 Å². The van der Waals surface area contributed by atoms with Crippen molar-refractivity contribution < 1.29 is 4.79 Å². The quantitative estimate of drug-likeness (QED) is 0.810. The van der Waals surface area contributed by atoms with E-state index in [0.29, 0.717) is 0 Å². The Morgan fingerprint density at radius 1 is 1.17 bits per heavy atom. The molecule has 1 amide bonds. The summed E-state index contributed by atoms with van der Waals surface area (Å²) in [6.45, 7) is 1.70. The molecule has 23 heavy (non-hydrogen) atoms. The molecule has 0 aliphatic carbocycles. The minimum atomic E-state index is -0.162. The molecule has 0 atom stereocenters. The van der Waals surface area contributed by atoms with E-state index in [1.54, 1.807) is 6.08 Å². The van der Waals surface area contributed by atoms with E-state index in [1.807, 2.05) is 48.5 Å². The molecule has 0 saturated heterocycles. The molecule has 0 radical (unpaired) electrons. The van der Waals surface area contributed by atoms with Gasteiger partial charge in [0.2, 0.25) is 5.91 Å². The summed E-state index contributed by atoms with van der Waals surface area (Å²) in [6.07, 6.45) is 3.31. The predicted octanol–water partition coefficient (Wildman–Crippen LogP) is 3.45. The normalized spacial score (nSPS) is 13.7. The van der Waals surface area contributed by atoms with Crippen LogP contribution in [0.25, 0.3) is 6.08 Å². The zero-order chi connectivity index (χ0) is 16.1. The van der Waals surface area contributed by atoms with E-state index in [-0.39, 0.29) is 5.91 Å². The number of nitrogens with one attached hydrogen (secondary N) is 2. The van der Waals surface area contributed by atoms with Gasteiger partial charge in [-0.05, 0) is 42.0 Å². The highest BCUT2D eigenvalue weighted by molar-refractivity contribution is 9.10. The summed E-state index contributed by atoms with van der Waals surface area (Å²) in [5, 5.41) is 6.07. The maximum absolute atomic E-state index is 12.0. The fourth-order valence-electron chi connectivity index (χ4n) is 2.26. The first kappa shape index (κ1) is 15.5. The molecule has 1 heterocycles. The molecule has 0 fully saturated rings. The Bertz CT molecular complexity index is 766. The number of aliphatic imine (C=N–C) groups is 1. The van der Waals surface area contributed by atoms with Crippen LogP contribution in [0.4, 0.5) is 5.69 Å². The summed E-state index contributed by atoms with van der Waals surface area (Å²) in [5.41, 5.74) is 2.75. The Labute approximate surface area is 143 Å². The van der Waals surface area contributed by atoms with E-state index in [4.69, 9.17) is 0 Å². The fourth-order valence-corrected chi connectivity index (χ4v) is 2.68. The molecular weight excluding hydrogens is 354 g/mol. The van der Waals surface area contributed by atoms with E-state index < -0.39 is 0 Å². The summed E-state index contributed by atoms with van der Waals surface area (Å²) < 4.78 is 0.957. The number of hydrogen-bond donors (Lipinski definition) is 2. The number of rotatable bonds is 4. The number of carbonyl (C=O) groups is 1. The maximum atomic E-state index is 12.0. The molecule has 0 saturated carbocycles. The standard InChI is InChI=1S/C18H16BrN3O/c19-16-4-2-1-3-13(16)7-10-17(23)22-15-8-5-14(6-9-15)18-20-11-12-21-18/h1-10H,11-12H2,(H,20,21)(H,22,23)/b10-7+. The van der Waals surface area contributed by atoms with Crippen molar-refractivity contribution in [1.29, 1.82) is 0 Å². The van der Waals surface area contributed by atoms with Crippen molar-refractivity contribution in [2.24, 2.45) is 4.99 Å². The van der Waals surface area contributed by atoms with Gasteiger partial charge in [-0.25, -0.2) is 0 Å². The third kappa shape index (κ3) is 4.07. The fraction of sp³-hybridized carbons (Fsp3) is 0.111. The average Bonchev–Trinajstić information content (AvgIpc) is 3.09. The number of carbonyl (C=O) groups excluding carboxylic acids is 1. The second-order valence-corrected chi connectivity index (χ2v) is 5.93. The summed E-state index contributed by atoms with van der Waals surface area (Å²) in [6, 6.07) is 15.4. The van der Waals surface area contributed by atoms with Crippen molar-refractivity contribution in [3.05, 3.63) is 70.2 Å². The molecular formula is C18H16BrN3O. The van der Waals surface area contributed by atoms with E-state index in [1.165, 1.54) is 6.08 Å². The van der Waals surface area contributed by atoms with E-state index in [9.17, 15) is 4.79 Å². The van der Waals surface area contributed by atoms with Crippen molar-refractivity contribution in [3.63, 3.8) is 0 Å². The van der Waals surface area contributed by atoms with Crippen molar-refractivity contribution in [2.75, 3.05) is 18.4 Å². The Morgan fingerprint density at radius 2 is 1.96 bits per heavy atom. The molecule has 0 spiro atoms. The van der Waals surface area contributed by atoms with Crippen LogP contribution in [0.15, 0.2) is 64.1 Å². The van der Waals surface area contributed by atoms with Crippen molar-refractivity contribution in [1.82, 2.24) is 5.32 Å². The minimum absolute atomic E-state index is 0.162. The lowest BCUT2D eigenvalue weighted by Crippen LogP contribution is -2.19. The molecule has 2 N–H and O–H groups in total. The lowest BCUT2D eigenvalue weighted by molar-refractivity contribution is -0.111. The Morgan fingerprint density at radius 3 is 2.65 bits per heavy atom. The summed E-state index contributed by atoms with van der Waals surface area (Å²) in [4.78, 5) is 16.4. The molecule has 4 nitrogen and oxygen atoms in total. The Kier molecular flexibility index (Phi) is 4.88. The molecule has 2 aromatic rings. The number of anilines is 1. The van der Waals surface area contributed by atoms with Gasteiger partial charge in [0.05, 0.1) is 6.54 Å². The number of amides is 1. The summed E-state index contributed by atoms with van der Waals surface area (Å²) >= 11 is 3.45. The van der Waals surface area contributed by atoms with Gasteiger partial charge >= 0.3 is 0 Å². The monoisotopic (exact) mass is 369 g/mol. The first-order chi connectivity index (χ1) is 11.2. The third-order valence-corrected chi connectivity index (χ3v) is 4.14. The van der Waals surface area contributed by atoms with Crippen LogP contribution in [-0.2, 0) is 4.79 Å². The van der Waals surface area contributed by atoms with Crippen LogP contribution >= 0.6 is 15.9 Å². The number of hydrogen-bond acceptors (Lipinski definition) is 3. The largest absolute Gasteiger partial charge is 0.368 e. The van der Waals surface area contributed by atoms with Gasteiger partial charge in [-0.15, -0.1) is 0 Å². The highest BCUT2D eigenvalue weighted by Crippen LogP contribution is 2.17. The minimum Gasteiger partial charge on any atom is -0.368 e. The molecule has 0 aromatic heterocycles. The molecule has 0 unspecified atom stereocenters. The van der Waals surface area contributed by atoms with Gasteiger partial charge in [-0.3, -0.25) is 9.79 Å². The van der Waals surface area contributed by atoms with Gasteiger partial charge in [0, 0.05) is 28.3 Å². The first-order valence-corrected chi connectivity index (χ1v) is 8.14. The zero-order valence-corrected chi connectivity index (χ0v) is 14.0. The van der Waals surface area contributed by atoms with E-state index >= 15 is 0 Å². The molecule has 1 aliphatic heterocycles. The van der Waals surface area contributed by atoms with Crippen molar-refractivity contribution in [2.45, 2.75) is 0 Å². The smallest absolute Gasteiger partial charge is 0.248 e. The predicted molar refractivity (Wildman–Crippen MR) is 97.7 cm³/mol. The van der Waals surface area contributed by atoms with Crippen LogP contribution in [0, 0.1) is 0 Å². The van der Waals surface area contributed by atoms with Gasteiger partial charge in [-0.1, -0.05) is 34.1 Å². The van der Waals surface area contributed by atoms with Crippen LogP contribution in [0.2, 0.25) is 0 Å². The average molecular weight is 370 g/mol. The second-order valence-electron chi connectivity index (χ2n) is 5.08. The molecule has 5 heteroatoms. The van der Waals surface area contributed by atoms with Crippen LogP contribution in [0.1, 0.15) is 11.1 Å². The number of benzene rings is 2. The SMILES string of the molecule is O=C(/C=C/c1ccccc1Br)Nc1ccc(C2=NCCN2)cc1. The number of nitrogens with zero attached hydrogens (tertiary/aromatic N) is 1. The van der Waals surface area contributed by atoms with Gasteiger partial charge in [-0.2, -0.15) is 0 Å². The van der Waals surface area contributed by atoms with Crippen LogP contribution in [0.5, 0.6) is 0 Å². The Balaban J connectivity index is 1.62. The topological polar surface area (TPSA) is 53.5 Å². The van der Waals surface area contributed by atoms with E-state index in [0.717, 1.165) is 40.2 Å². The Hall–Kier alpha value is -2.40. The van der Waals surface area contributed by atoms with Gasteiger partial charge < -0.3 is 10.6 Å². The van der Waals surface area contributed by atoms with Crippen LogP contribution in [-0.4, -0.2) is 24.8 Å². The van der Waals surface area contributed by atoms with Crippen LogP contribution < -0.4 is 10.6 Å². The molecule has 0 bridgehead atoms. The molecule has 2 aromatic carbocycles. The number of halogens is 1. The third-order valence-electron chi connectivity index (χ3n) is 3.42. The summed E-state index contributed by atoms with van der Waals surface area (Å²) in [5.74, 6) is 0.751. The molecule has 116 valence electrons.